The number of hydrogen-bond donors (Lipinski definition) is 0. The highest BCUT2D eigenvalue weighted by Gasteiger charge is 2.23. The summed E-state index contributed by atoms with van der Waals surface area (Å²) in [6.07, 6.45) is 0. The van der Waals surface area contributed by atoms with Crippen LogP contribution in [0.5, 0.6) is 0 Å². The van der Waals surface area contributed by atoms with Crippen molar-refractivity contribution in [3.05, 3.63) is 77.4 Å². The second kappa shape index (κ2) is 6.38. The topological polar surface area (TPSA) is 37.4 Å². The molecule has 0 atom stereocenters. The fourth-order valence-corrected chi connectivity index (χ4v) is 4.36. The molecule has 0 fully saturated rings. The largest absolute Gasteiger partial charge is 0.243 e. The molecule has 0 unspecified atom stereocenters. The van der Waals surface area contributed by atoms with Crippen LogP contribution >= 0.6 is 0 Å². The van der Waals surface area contributed by atoms with E-state index in [1.165, 1.54) is 4.31 Å². The summed E-state index contributed by atoms with van der Waals surface area (Å²) < 4.78 is 27.4. The van der Waals surface area contributed by atoms with Gasteiger partial charge in [0.1, 0.15) is 0 Å². The second-order valence-electron chi connectivity index (χ2n) is 6.17. The Kier molecular flexibility index (Phi) is 4.43. The molecule has 0 saturated heterocycles. The minimum absolute atomic E-state index is 0.344. The van der Waals surface area contributed by atoms with Crippen molar-refractivity contribution in [2.75, 3.05) is 7.05 Å². The minimum Gasteiger partial charge on any atom is -0.207 e. The third-order valence-electron chi connectivity index (χ3n) is 4.30. The maximum absolute atomic E-state index is 13.0. The van der Waals surface area contributed by atoms with Crippen LogP contribution in [-0.4, -0.2) is 19.8 Å². The van der Waals surface area contributed by atoms with Crippen molar-refractivity contribution < 1.29 is 8.42 Å². The highest BCUT2D eigenvalue weighted by Crippen LogP contribution is 2.24. The van der Waals surface area contributed by atoms with Gasteiger partial charge in [-0.05, 0) is 47.4 Å². The average Bonchev–Trinajstić information content (AvgIpc) is 2.57. The third-order valence-corrected chi connectivity index (χ3v) is 6.25. The summed E-state index contributed by atoms with van der Waals surface area (Å²) in [6, 6.07) is 19.6. The first-order valence-electron chi connectivity index (χ1n) is 7.90. The van der Waals surface area contributed by atoms with E-state index in [1.54, 1.807) is 13.1 Å². The normalized spacial score (nSPS) is 12.0. The number of benzene rings is 3. The molecule has 3 aromatic rings. The SMILES string of the molecule is Cc1ccc(C)c(S(=O)(=O)N(C)Cc2cccc3ccccc23)c1. The van der Waals surface area contributed by atoms with Crippen LogP contribution in [0, 0.1) is 13.8 Å². The summed E-state index contributed by atoms with van der Waals surface area (Å²) >= 11 is 0. The summed E-state index contributed by atoms with van der Waals surface area (Å²) in [5.41, 5.74) is 2.72. The molecule has 24 heavy (non-hydrogen) atoms. The molecule has 0 N–H and O–H groups in total. The fourth-order valence-electron chi connectivity index (χ4n) is 2.91. The number of sulfonamides is 1. The number of fused-ring (bicyclic) bond motifs is 1. The molecule has 0 aliphatic heterocycles. The molecule has 0 heterocycles. The average molecular weight is 339 g/mol. The number of hydrogen-bond acceptors (Lipinski definition) is 2. The molecular formula is C20H21NO2S. The Labute approximate surface area is 143 Å². The first kappa shape index (κ1) is 16.7. The number of nitrogens with zero attached hydrogens (tertiary/aromatic N) is 1. The molecule has 4 heteroatoms. The standard InChI is InChI=1S/C20H21NO2S/c1-15-11-12-16(2)20(13-15)24(22,23)21(3)14-18-9-6-8-17-7-4-5-10-19(17)18/h4-13H,14H2,1-3H3. The van der Waals surface area contributed by atoms with E-state index in [0.717, 1.165) is 27.5 Å². The molecule has 3 rings (SSSR count). The van der Waals surface area contributed by atoms with Gasteiger partial charge in [-0.15, -0.1) is 0 Å². The van der Waals surface area contributed by atoms with Gasteiger partial charge in [-0.25, -0.2) is 8.42 Å². The monoisotopic (exact) mass is 339 g/mol. The molecule has 3 nitrogen and oxygen atoms in total. The van der Waals surface area contributed by atoms with Gasteiger partial charge < -0.3 is 0 Å². The first-order chi connectivity index (χ1) is 11.4. The zero-order valence-corrected chi connectivity index (χ0v) is 15.0. The van der Waals surface area contributed by atoms with Gasteiger partial charge in [-0.2, -0.15) is 4.31 Å². The van der Waals surface area contributed by atoms with Crippen LogP contribution in [0.1, 0.15) is 16.7 Å². The van der Waals surface area contributed by atoms with Crippen LogP contribution in [0.3, 0.4) is 0 Å². The molecule has 0 aromatic heterocycles. The Morgan fingerprint density at radius 1 is 0.917 bits per heavy atom. The van der Waals surface area contributed by atoms with Crippen molar-refractivity contribution in [2.24, 2.45) is 0 Å². The summed E-state index contributed by atoms with van der Waals surface area (Å²) in [5, 5.41) is 2.20. The Hall–Kier alpha value is -2.17. The highest BCUT2D eigenvalue weighted by atomic mass is 32.2. The molecule has 124 valence electrons. The van der Waals surface area contributed by atoms with Crippen molar-refractivity contribution in [3.63, 3.8) is 0 Å². The minimum atomic E-state index is -3.53. The summed E-state index contributed by atoms with van der Waals surface area (Å²) in [7, 11) is -1.89. The van der Waals surface area contributed by atoms with E-state index in [2.05, 4.69) is 0 Å². The third kappa shape index (κ3) is 3.07. The second-order valence-corrected chi connectivity index (χ2v) is 8.18. The maximum Gasteiger partial charge on any atom is 0.243 e. The van der Waals surface area contributed by atoms with Gasteiger partial charge >= 0.3 is 0 Å². The lowest BCUT2D eigenvalue weighted by Gasteiger charge is -2.20. The summed E-state index contributed by atoms with van der Waals surface area (Å²) in [4.78, 5) is 0.380. The van der Waals surface area contributed by atoms with Crippen LogP contribution in [0.4, 0.5) is 0 Å². The van der Waals surface area contributed by atoms with E-state index in [0.29, 0.717) is 11.4 Å². The fraction of sp³-hybridized carbons (Fsp3) is 0.200. The van der Waals surface area contributed by atoms with E-state index in [9.17, 15) is 8.42 Å². The quantitative estimate of drug-likeness (QED) is 0.711. The Morgan fingerprint density at radius 3 is 2.42 bits per heavy atom. The molecule has 0 radical (unpaired) electrons. The van der Waals surface area contributed by atoms with Gasteiger partial charge in [-0.1, -0.05) is 54.6 Å². The Morgan fingerprint density at radius 2 is 1.62 bits per heavy atom. The Balaban J connectivity index is 1.99. The van der Waals surface area contributed by atoms with E-state index in [-0.39, 0.29) is 0 Å². The predicted molar refractivity (Wildman–Crippen MR) is 98.5 cm³/mol. The lowest BCUT2D eigenvalue weighted by atomic mass is 10.0. The van der Waals surface area contributed by atoms with E-state index >= 15 is 0 Å². The van der Waals surface area contributed by atoms with Crippen molar-refractivity contribution in [1.82, 2.24) is 4.31 Å². The van der Waals surface area contributed by atoms with Gasteiger partial charge in [0, 0.05) is 13.6 Å². The maximum atomic E-state index is 13.0. The van der Waals surface area contributed by atoms with Gasteiger partial charge in [-0.3, -0.25) is 0 Å². The van der Waals surface area contributed by atoms with Gasteiger partial charge in [0.15, 0.2) is 0 Å². The highest BCUT2D eigenvalue weighted by molar-refractivity contribution is 7.89. The number of rotatable bonds is 4. The predicted octanol–water partition coefficient (Wildman–Crippen LogP) is 4.28. The zero-order chi connectivity index (χ0) is 17.3. The molecule has 0 saturated carbocycles. The van der Waals surface area contributed by atoms with Gasteiger partial charge in [0.2, 0.25) is 10.0 Å². The molecule has 0 aliphatic carbocycles. The molecular weight excluding hydrogens is 318 g/mol. The molecule has 0 spiro atoms. The van der Waals surface area contributed by atoms with Crippen LogP contribution < -0.4 is 0 Å². The van der Waals surface area contributed by atoms with Crippen molar-refractivity contribution in [1.29, 1.82) is 0 Å². The van der Waals surface area contributed by atoms with Crippen LogP contribution in [0.2, 0.25) is 0 Å². The van der Waals surface area contributed by atoms with Crippen molar-refractivity contribution in [2.45, 2.75) is 25.3 Å². The lowest BCUT2D eigenvalue weighted by molar-refractivity contribution is 0.467. The first-order valence-corrected chi connectivity index (χ1v) is 9.34. The van der Waals surface area contributed by atoms with Crippen LogP contribution in [0.25, 0.3) is 10.8 Å². The molecule has 0 amide bonds. The van der Waals surface area contributed by atoms with Crippen LogP contribution in [-0.2, 0) is 16.6 Å². The molecule has 3 aromatic carbocycles. The van der Waals surface area contributed by atoms with Gasteiger partial charge in [0.25, 0.3) is 0 Å². The molecule has 0 aliphatic rings. The van der Waals surface area contributed by atoms with Crippen molar-refractivity contribution in [3.8, 4) is 0 Å². The van der Waals surface area contributed by atoms with Crippen molar-refractivity contribution >= 4 is 20.8 Å². The summed E-state index contributed by atoms with van der Waals surface area (Å²) in [5.74, 6) is 0. The van der Waals surface area contributed by atoms with E-state index < -0.39 is 10.0 Å². The van der Waals surface area contributed by atoms with Crippen LogP contribution in [0.15, 0.2) is 65.6 Å². The number of aryl methyl sites for hydroxylation is 2. The molecule has 0 bridgehead atoms. The van der Waals surface area contributed by atoms with E-state index in [4.69, 9.17) is 0 Å². The van der Waals surface area contributed by atoms with Gasteiger partial charge in [0.05, 0.1) is 4.90 Å². The summed E-state index contributed by atoms with van der Waals surface area (Å²) in [6.45, 7) is 4.08. The zero-order valence-electron chi connectivity index (χ0n) is 14.2. The Bertz CT molecular complexity index is 988. The lowest BCUT2D eigenvalue weighted by Crippen LogP contribution is -2.27. The smallest absolute Gasteiger partial charge is 0.207 e. The van der Waals surface area contributed by atoms with E-state index in [1.807, 2.05) is 68.4 Å².